The van der Waals surface area contributed by atoms with Gasteiger partial charge in [0.05, 0.1) is 22.6 Å². The van der Waals surface area contributed by atoms with Crippen molar-refractivity contribution < 1.29 is 4.39 Å². The van der Waals surface area contributed by atoms with Crippen molar-refractivity contribution in [3.63, 3.8) is 0 Å². The Morgan fingerprint density at radius 1 is 1.09 bits per heavy atom. The molecule has 3 aromatic heterocycles. The number of halogens is 1. The predicted molar refractivity (Wildman–Crippen MR) is 130 cm³/mol. The molecule has 5 aromatic rings. The lowest BCUT2D eigenvalue weighted by molar-refractivity contribution is 0.599. The van der Waals surface area contributed by atoms with E-state index >= 15 is 0 Å². The molecule has 0 saturated heterocycles. The van der Waals surface area contributed by atoms with Crippen LogP contribution in [0.4, 0.5) is 16.0 Å². The van der Waals surface area contributed by atoms with Crippen molar-refractivity contribution in [2.75, 3.05) is 11.1 Å². The number of aromatic nitrogens is 7. The smallest absolute Gasteiger partial charge is 0.266 e. The van der Waals surface area contributed by atoms with Crippen LogP contribution in [-0.2, 0) is 7.05 Å². The highest BCUT2D eigenvalue weighted by atomic mass is 19.1. The fourth-order valence-corrected chi connectivity index (χ4v) is 3.95. The average molecular weight is 472 g/mol. The number of para-hydroxylation sites is 2. The molecule has 1 unspecified atom stereocenters. The fourth-order valence-electron chi connectivity index (χ4n) is 3.95. The van der Waals surface area contributed by atoms with E-state index in [-0.39, 0.29) is 17.1 Å². The van der Waals surface area contributed by atoms with Gasteiger partial charge >= 0.3 is 0 Å². The number of nitrogens with zero attached hydrogens (tertiary/aromatic N) is 7. The van der Waals surface area contributed by atoms with Crippen LogP contribution < -0.4 is 16.6 Å². The molecule has 0 aliphatic rings. The van der Waals surface area contributed by atoms with Gasteiger partial charge in [-0.1, -0.05) is 31.2 Å². The third-order valence-corrected chi connectivity index (χ3v) is 5.63. The van der Waals surface area contributed by atoms with Crippen molar-refractivity contribution >= 4 is 22.5 Å². The summed E-state index contributed by atoms with van der Waals surface area (Å²) in [5.74, 6) is 0.714. The summed E-state index contributed by atoms with van der Waals surface area (Å²) in [5.41, 5.74) is 6.83. The number of fused-ring (bicyclic) bond motifs is 1. The van der Waals surface area contributed by atoms with E-state index in [0.717, 1.165) is 0 Å². The molecule has 1 atom stereocenters. The molecular formula is C24H22FN9O. The molecule has 176 valence electrons. The van der Waals surface area contributed by atoms with Crippen molar-refractivity contribution in [3.8, 4) is 17.1 Å². The van der Waals surface area contributed by atoms with Gasteiger partial charge in [0.2, 0.25) is 0 Å². The molecule has 2 aromatic carbocycles. The van der Waals surface area contributed by atoms with Gasteiger partial charge in [-0.25, -0.2) is 24.3 Å². The zero-order valence-corrected chi connectivity index (χ0v) is 19.1. The van der Waals surface area contributed by atoms with Crippen molar-refractivity contribution in [1.82, 2.24) is 34.3 Å². The first-order valence-corrected chi connectivity index (χ1v) is 11.0. The van der Waals surface area contributed by atoms with Crippen LogP contribution in [0.1, 0.15) is 25.2 Å². The zero-order chi connectivity index (χ0) is 24.5. The molecule has 35 heavy (non-hydrogen) atoms. The van der Waals surface area contributed by atoms with Crippen LogP contribution in [0, 0.1) is 5.82 Å². The molecule has 10 nitrogen and oxygen atoms in total. The van der Waals surface area contributed by atoms with Gasteiger partial charge < -0.3 is 11.1 Å². The second-order valence-electron chi connectivity index (χ2n) is 7.91. The summed E-state index contributed by atoms with van der Waals surface area (Å²) in [6.45, 7) is 1.92. The maximum Gasteiger partial charge on any atom is 0.266 e. The zero-order valence-electron chi connectivity index (χ0n) is 19.1. The summed E-state index contributed by atoms with van der Waals surface area (Å²) >= 11 is 0. The Morgan fingerprint density at radius 2 is 1.86 bits per heavy atom. The number of hydrogen-bond acceptors (Lipinski definition) is 8. The van der Waals surface area contributed by atoms with Crippen LogP contribution in [0.25, 0.3) is 28.0 Å². The van der Waals surface area contributed by atoms with Crippen LogP contribution in [-0.4, -0.2) is 34.3 Å². The molecule has 0 saturated carbocycles. The minimum absolute atomic E-state index is 0.111. The van der Waals surface area contributed by atoms with Gasteiger partial charge in [-0.15, -0.1) is 0 Å². The number of nitrogen functional groups attached to an aromatic ring is 1. The predicted octanol–water partition coefficient (Wildman–Crippen LogP) is 3.26. The Kier molecular flexibility index (Phi) is 5.65. The molecule has 3 heterocycles. The van der Waals surface area contributed by atoms with E-state index in [1.165, 1.54) is 17.0 Å². The first-order valence-electron chi connectivity index (χ1n) is 11.0. The summed E-state index contributed by atoms with van der Waals surface area (Å²) in [4.78, 5) is 31.1. The average Bonchev–Trinajstić information content (AvgIpc) is 3.29. The summed E-state index contributed by atoms with van der Waals surface area (Å²) in [7, 11) is 1.74. The van der Waals surface area contributed by atoms with Gasteiger partial charge in [-0.2, -0.15) is 5.10 Å². The third-order valence-electron chi connectivity index (χ3n) is 5.63. The van der Waals surface area contributed by atoms with Crippen LogP contribution in [0.2, 0.25) is 0 Å². The van der Waals surface area contributed by atoms with Gasteiger partial charge in [0.15, 0.2) is 5.82 Å². The number of nitrogens with one attached hydrogen (secondary N) is 1. The topological polar surface area (TPSA) is 129 Å². The second kappa shape index (κ2) is 8.93. The van der Waals surface area contributed by atoms with Crippen LogP contribution in [0.3, 0.4) is 0 Å². The molecule has 0 aliphatic heterocycles. The van der Waals surface area contributed by atoms with Gasteiger partial charge in [0, 0.05) is 7.05 Å². The summed E-state index contributed by atoms with van der Waals surface area (Å²) in [6.07, 6.45) is 3.37. The number of benzene rings is 2. The number of rotatable bonds is 6. The highest BCUT2D eigenvalue weighted by Gasteiger charge is 2.24. The SMILES string of the molecule is CCC(Nc1ncnc(N)c1-c1ncn(C)n1)c1nc2ccccc2c(=O)n1-c1ccccc1F. The van der Waals surface area contributed by atoms with Crippen LogP contribution in [0.15, 0.2) is 66.0 Å². The number of aryl methyl sites for hydroxylation is 1. The fraction of sp³-hybridized carbons (Fsp3) is 0.167. The standard InChI is InChI=1S/C24H22FN9O/c1-3-16(30-21-19(20(26)27-12-28-21)22-29-13-33(2)32-22)23-31-17-10-6-4-8-14(17)24(35)34(23)18-11-7-5-9-15(18)25/h4-13,16H,3H2,1-2H3,(H3,26,27,28,30). The Morgan fingerprint density at radius 3 is 2.60 bits per heavy atom. The Labute approximate surface area is 199 Å². The molecule has 5 rings (SSSR count). The molecule has 11 heteroatoms. The van der Waals surface area contributed by atoms with Gasteiger partial charge in [-0.3, -0.25) is 14.0 Å². The lowest BCUT2D eigenvalue weighted by atomic mass is 10.1. The largest absolute Gasteiger partial charge is 0.383 e. The summed E-state index contributed by atoms with van der Waals surface area (Å²) < 4.78 is 17.8. The summed E-state index contributed by atoms with van der Waals surface area (Å²) in [5, 5.41) is 8.03. The minimum Gasteiger partial charge on any atom is -0.383 e. The first kappa shape index (κ1) is 22.1. The Bertz CT molecular complexity index is 1590. The van der Waals surface area contributed by atoms with E-state index < -0.39 is 11.9 Å². The van der Waals surface area contributed by atoms with Gasteiger partial charge in [0.1, 0.15) is 41.5 Å². The third kappa shape index (κ3) is 3.97. The van der Waals surface area contributed by atoms with Crippen LogP contribution in [0.5, 0.6) is 0 Å². The molecule has 0 fully saturated rings. The molecule has 0 radical (unpaired) electrons. The highest BCUT2D eigenvalue weighted by Crippen LogP contribution is 2.31. The van der Waals surface area contributed by atoms with Crippen molar-refractivity contribution in [3.05, 3.63) is 83.2 Å². The van der Waals surface area contributed by atoms with E-state index in [1.54, 1.807) is 60.5 Å². The van der Waals surface area contributed by atoms with E-state index in [9.17, 15) is 9.18 Å². The van der Waals surface area contributed by atoms with E-state index in [2.05, 4.69) is 25.4 Å². The van der Waals surface area contributed by atoms with E-state index in [1.807, 2.05) is 6.92 Å². The molecular weight excluding hydrogens is 449 g/mol. The normalized spacial score (nSPS) is 12.1. The van der Waals surface area contributed by atoms with E-state index in [4.69, 9.17) is 10.7 Å². The van der Waals surface area contributed by atoms with Gasteiger partial charge in [-0.05, 0) is 30.7 Å². The number of nitrogens with two attached hydrogens (primary N) is 1. The number of hydrogen-bond donors (Lipinski definition) is 2. The monoisotopic (exact) mass is 471 g/mol. The second-order valence-corrected chi connectivity index (χ2v) is 7.91. The number of anilines is 2. The Balaban J connectivity index is 1.71. The van der Waals surface area contributed by atoms with Crippen molar-refractivity contribution in [1.29, 1.82) is 0 Å². The first-order chi connectivity index (χ1) is 17.0. The lowest BCUT2D eigenvalue weighted by Gasteiger charge is -2.23. The molecule has 0 spiro atoms. The highest BCUT2D eigenvalue weighted by molar-refractivity contribution is 5.80. The molecule has 3 N–H and O–H groups in total. The van der Waals surface area contributed by atoms with E-state index in [0.29, 0.717) is 40.4 Å². The molecule has 0 bridgehead atoms. The molecule has 0 aliphatic carbocycles. The van der Waals surface area contributed by atoms with Crippen molar-refractivity contribution in [2.45, 2.75) is 19.4 Å². The van der Waals surface area contributed by atoms with Crippen LogP contribution >= 0.6 is 0 Å². The summed E-state index contributed by atoms with van der Waals surface area (Å²) in [6, 6.07) is 12.6. The molecule has 0 amide bonds. The Hall–Kier alpha value is -4.67. The van der Waals surface area contributed by atoms with Crippen molar-refractivity contribution in [2.24, 2.45) is 7.05 Å². The maximum absolute atomic E-state index is 14.9. The van der Waals surface area contributed by atoms with Gasteiger partial charge in [0.25, 0.3) is 5.56 Å². The quantitative estimate of drug-likeness (QED) is 0.386. The maximum atomic E-state index is 14.9. The minimum atomic E-state index is -0.538. The lowest BCUT2D eigenvalue weighted by Crippen LogP contribution is -2.29.